The minimum atomic E-state index is 0. The van der Waals surface area contributed by atoms with Gasteiger partial charge in [-0.2, -0.15) is 0 Å². The molecule has 1 aromatic rings. The van der Waals surface area contributed by atoms with E-state index in [4.69, 9.17) is 0 Å². The SMILES string of the molecule is CCCCN1CCN(c2ccccc2C2CCC3(CCCCC3)CC2)CC1.Cl. The molecular weight excluding hydrogens is 364 g/mol. The number of anilines is 1. The van der Waals surface area contributed by atoms with Gasteiger partial charge in [-0.15, -0.1) is 12.4 Å². The monoisotopic (exact) mass is 404 g/mol. The van der Waals surface area contributed by atoms with E-state index in [1.54, 1.807) is 11.3 Å². The van der Waals surface area contributed by atoms with E-state index in [-0.39, 0.29) is 12.4 Å². The number of hydrogen-bond donors (Lipinski definition) is 0. The normalized spacial score (nSPS) is 23.5. The van der Waals surface area contributed by atoms with Gasteiger partial charge in [0, 0.05) is 31.9 Å². The molecule has 158 valence electrons. The number of piperazine rings is 1. The minimum Gasteiger partial charge on any atom is -0.369 e. The maximum Gasteiger partial charge on any atom is 0.0402 e. The summed E-state index contributed by atoms with van der Waals surface area (Å²) in [5, 5.41) is 0. The summed E-state index contributed by atoms with van der Waals surface area (Å²) in [6.07, 6.45) is 16.0. The standard InChI is InChI=1S/C25H40N2.ClH/c1-2-3-17-26-18-20-27(21-19-26)24-10-6-5-9-23(24)22-11-15-25(16-12-22)13-7-4-8-14-25;/h5-6,9-10,22H,2-4,7-8,11-21H2,1H3;1H. The van der Waals surface area contributed by atoms with Crippen molar-refractivity contribution in [1.29, 1.82) is 0 Å². The molecule has 0 atom stereocenters. The van der Waals surface area contributed by atoms with Crippen LogP contribution in [-0.4, -0.2) is 37.6 Å². The van der Waals surface area contributed by atoms with Crippen LogP contribution in [0.3, 0.4) is 0 Å². The lowest BCUT2D eigenvalue weighted by Gasteiger charge is -2.44. The molecule has 28 heavy (non-hydrogen) atoms. The lowest BCUT2D eigenvalue weighted by Crippen LogP contribution is -2.47. The second kappa shape index (κ2) is 10.3. The molecule has 3 heteroatoms. The topological polar surface area (TPSA) is 6.48 Å². The summed E-state index contributed by atoms with van der Waals surface area (Å²) in [5.74, 6) is 0.798. The zero-order valence-electron chi connectivity index (χ0n) is 18.0. The molecule has 3 aliphatic rings. The van der Waals surface area contributed by atoms with Crippen LogP contribution in [0.25, 0.3) is 0 Å². The summed E-state index contributed by atoms with van der Waals surface area (Å²) >= 11 is 0. The second-order valence-corrected chi connectivity index (χ2v) is 9.58. The molecule has 0 radical (unpaired) electrons. The van der Waals surface area contributed by atoms with Crippen molar-refractivity contribution in [2.45, 2.75) is 83.5 Å². The molecule has 0 unspecified atom stereocenters. The molecule has 1 aromatic carbocycles. The zero-order chi connectivity index (χ0) is 18.5. The highest BCUT2D eigenvalue weighted by molar-refractivity contribution is 5.85. The van der Waals surface area contributed by atoms with Crippen LogP contribution < -0.4 is 4.90 Å². The Morgan fingerprint density at radius 1 is 0.893 bits per heavy atom. The van der Waals surface area contributed by atoms with Gasteiger partial charge in [0.1, 0.15) is 0 Å². The summed E-state index contributed by atoms with van der Waals surface area (Å²) in [5.41, 5.74) is 3.94. The Hall–Kier alpha value is -0.730. The van der Waals surface area contributed by atoms with Crippen molar-refractivity contribution >= 4 is 18.1 Å². The number of rotatable bonds is 5. The van der Waals surface area contributed by atoms with Gasteiger partial charge in [0.2, 0.25) is 0 Å². The summed E-state index contributed by atoms with van der Waals surface area (Å²) in [6.45, 7) is 8.48. The van der Waals surface area contributed by atoms with E-state index in [9.17, 15) is 0 Å². The van der Waals surface area contributed by atoms with Crippen LogP contribution in [0.1, 0.15) is 89.0 Å². The highest BCUT2D eigenvalue weighted by atomic mass is 35.5. The number of halogens is 1. The van der Waals surface area contributed by atoms with Gasteiger partial charge < -0.3 is 4.90 Å². The lowest BCUT2D eigenvalue weighted by atomic mass is 9.62. The molecule has 1 saturated heterocycles. The van der Waals surface area contributed by atoms with E-state index in [0.29, 0.717) is 0 Å². The molecule has 0 N–H and O–H groups in total. The number of nitrogens with zero attached hydrogens (tertiary/aromatic N) is 2. The van der Waals surface area contributed by atoms with Gasteiger partial charge in [-0.1, -0.05) is 50.8 Å². The van der Waals surface area contributed by atoms with E-state index in [1.165, 1.54) is 103 Å². The third-order valence-corrected chi connectivity index (χ3v) is 7.88. The molecule has 0 aromatic heterocycles. The van der Waals surface area contributed by atoms with Gasteiger partial charge in [0.15, 0.2) is 0 Å². The molecule has 1 spiro atoms. The van der Waals surface area contributed by atoms with Crippen LogP contribution in [-0.2, 0) is 0 Å². The van der Waals surface area contributed by atoms with Gasteiger partial charge in [-0.25, -0.2) is 0 Å². The Balaban J connectivity index is 0.00000225. The van der Waals surface area contributed by atoms with Crippen molar-refractivity contribution in [3.63, 3.8) is 0 Å². The first kappa shape index (κ1) is 22.0. The van der Waals surface area contributed by atoms with Crippen LogP contribution in [0.4, 0.5) is 5.69 Å². The minimum absolute atomic E-state index is 0. The first-order valence-electron chi connectivity index (χ1n) is 11.9. The highest BCUT2D eigenvalue weighted by Gasteiger charge is 2.37. The van der Waals surface area contributed by atoms with Crippen LogP contribution in [0.5, 0.6) is 0 Å². The predicted molar refractivity (Wildman–Crippen MR) is 124 cm³/mol. The average molecular weight is 405 g/mol. The number of para-hydroxylation sites is 1. The Bertz CT molecular complexity index is 578. The smallest absolute Gasteiger partial charge is 0.0402 e. The fourth-order valence-electron chi connectivity index (χ4n) is 6.06. The molecular formula is C25H41ClN2. The van der Waals surface area contributed by atoms with Crippen molar-refractivity contribution in [3.05, 3.63) is 29.8 Å². The van der Waals surface area contributed by atoms with Crippen molar-refractivity contribution in [2.75, 3.05) is 37.6 Å². The third kappa shape index (κ3) is 5.05. The van der Waals surface area contributed by atoms with E-state index in [1.807, 2.05) is 0 Å². The van der Waals surface area contributed by atoms with Crippen LogP contribution >= 0.6 is 12.4 Å². The summed E-state index contributed by atoms with van der Waals surface area (Å²) in [7, 11) is 0. The van der Waals surface area contributed by atoms with E-state index in [0.717, 1.165) is 11.3 Å². The van der Waals surface area contributed by atoms with Crippen molar-refractivity contribution in [2.24, 2.45) is 5.41 Å². The van der Waals surface area contributed by atoms with E-state index in [2.05, 4.69) is 41.0 Å². The van der Waals surface area contributed by atoms with E-state index >= 15 is 0 Å². The number of benzene rings is 1. The summed E-state index contributed by atoms with van der Waals surface area (Å²) in [4.78, 5) is 5.35. The van der Waals surface area contributed by atoms with Crippen molar-refractivity contribution < 1.29 is 0 Å². The molecule has 3 fully saturated rings. The number of unbranched alkanes of at least 4 members (excludes halogenated alkanes) is 1. The summed E-state index contributed by atoms with van der Waals surface area (Å²) < 4.78 is 0. The Morgan fingerprint density at radius 2 is 1.57 bits per heavy atom. The largest absolute Gasteiger partial charge is 0.369 e. The summed E-state index contributed by atoms with van der Waals surface area (Å²) in [6, 6.07) is 9.39. The van der Waals surface area contributed by atoms with Gasteiger partial charge in [0.05, 0.1) is 0 Å². The first-order chi connectivity index (χ1) is 13.3. The van der Waals surface area contributed by atoms with Crippen molar-refractivity contribution in [1.82, 2.24) is 4.90 Å². The molecule has 2 nitrogen and oxygen atoms in total. The molecule has 2 saturated carbocycles. The Kier molecular flexibility index (Phi) is 8.12. The second-order valence-electron chi connectivity index (χ2n) is 9.58. The Labute approximate surface area is 179 Å². The highest BCUT2D eigenvalue weighted by Crippen LogP contribution is 2.51. The van der Waals surface area contributed by atoms with Crippen LogP contribution in [0.15, 0.2) is 24.3 Å². The quantitative estimate of drug-likeness (QED) is 0.542. The fraction of sp³-hybridized carbons (Fsp3) is 0.760. The predicted octanol–water partition coefficient (Wildman–Crippen LogP) is 6.64. The van der Waals surface area contributed by atoms with Gasteiger partial charge in [0.25, 0.3) is 0 Å². The maximum atomic E-state index is 2.68. The molecule has 0 amide bonds. The molecule has 1 aliphatic heterocycles. The molecule has 2 aliphatic carbocycles. The van der Waals surface area contributed by atoms with Gasteiger partial charge >= 0.3 is 0 Å². The zero-order valence-corrected chi connectivity index (χ0v) is 18.8. The molecule has 1 heterocycles. The van der Waals surface area contributed by atoms with Crippen LogP contribution in [0, 0.1) is 5.41 Å². The van der Waals surface area contributed by atoms with Gasteiger partial charge in [-0.3, -0.25) is 4.90 Å². The first-order valence-corrected chi connectivity index (χ1v) is 11.9. The average Bonchev–Trinajstić information content (AvgIpc) is 2.74. The molecule has 0 bridgehead atoms. The third-order valence-electron chi connectivity index (χ3n) is 7.88. The number of hydrogen-bond acceptors (Lipinski definition) is 2. The van der Waals surface area contributed by atoms with E-state index < -0.39 is 0 Å². The maximum absolute atomic E-state index is 2.68. The van der Waals surface area contributed by atoms with Gasteiger partial charge in [-0.05, 0) is 74.5 Å². The van der Waals surface area contributed by atoms with Crippen molar-refractivity contribution in [3.8, 4) is 0 Å². The van der Waals surface area contributed by atoms with Crippen LogP contribution in [0.2, 0.25) is 0 Å². The Morgan fingerprint density at radius 3 is 2.25 bits per heavy atom. The lowest BCUT2D eigenvalue weighted by molar-refractivity contribution is 0.114. The molecule has 4 rings (SSSR count). The fourth-order valence-corrected chi connectivity index (χ4v) is 6.06.